The number of fused-ring (bicyclic) bond motifs is 1. The van der Waals surface area contributed by atoms with Crippen molar-refractivity contribution >= 4 is 10.9 Å². The van der Waals surface area contributed by atoms with Gasteiger partial charge in [-0.15, -0.1) is 0 Å². The van der Waals surface area contributed by atoms with Gasteiger partial charge in [0.2, 0.25) is 0 Å². The molecule has 0 aliphatic carbocycles. The first-order valence-corrected chi connectivity index (χ1v) is 7.63. The van der Waals surface area contributed by atoms with Crippen LogP contribution >= 0.6 is 0 Å². The molecule has 0 bridgehead atoms. The third-order valence-corrected chi connectivity index (χ3v) is 3.53. The van der Waals surface area contributed by atoms with E-state index in [0.29, 0.717) is 12.0 Å². The molecule has 1 aromatic carbocycles. The predicted octanol–water partition coefficient (Wildman–Crippen LogP) is 3.59. The SMILES string of the molecule is CCCNC(Cc1cnnc2ccccc12)CC(C)C. The van der Waals surface area contributed by atoms with Gasteiger partial charge in [-0.1, -0.05) is 39.0 Å². The van der Waals surface area contributed by atoms with Crippen LogP contribution in [0.4, 0.5) is 0 Å². The van der Waals surface area contributed by atoms with Crippen molar-refractivity contribution < 1.29 is 0 Å². The molecular weight excluding hydrogens is 246 g/mol. The fraction of sp³-hybridized carbons (Fsp3) is 0.529. The molecule has 1 heterocycles. The maximum absolute atomic E-state index is 4.20. The Morgan fingerprint density at radius 2 is 2.00 bits per heavy atom. The van der Waals surface area contributed by atoms with Crippen molar-refractivity contribution in [3.05, 3.63) is 36.0 Å². The van der Waals surface area contributed by atoms with E-state index in [0.717, 1.165) is 18.5 Å². The first-order chi connectivity index (χ1) is 9.70. The van der Waals surface area contributed by atoms with Crippen molar-refractivity contribution in [3.8, 4) is 0 Å². The zero-order chi connectivity index (χ0) is 14.4. The molecule has 2 aromatic rings. The van der Waals surface area contributed by atoms with E-state index in [9.17, 15) is 0 Å². The van der Waals surface area contributed by atoms with E-state index in [1.54, 1.807) is 0 Å². The summed E-state index contributed by atoms with van der Waals surface area (Å²) in [5, 5.41) is 13.2. The van der Waals surface area contributed by atoms with E-state index < -0.39 is 0 Å². The lowest BCUT2D eigenvalue weighted by molar-refractivity contribution is 0.416. The van der Waals surface area contributed by atoms with E-state index in [1.165, 1.54) is 23.8 Å². The van der Waals surface area contributed by atoms with Gasteiger partial charge in [0.15, 0.2) is 0 Å². The molecule has 0 saturated heterocycles. The van der Waals surface area contributed by atoms with Gasteiger partial charge in [0.05, 0.1) is 11.7 Å². The summed E-state index contributed by atoms with van der Waals surface area (Å²) in [5.74, 6) is 0.699. The molecule has 0 spiro atoms. The summed E-state index contributed by atoms with van der Waals surface area (Å²) < 4.78 is 0. The Morgan fingerprint density at radius 1 is 1.20 bits per heavy atom. The highest BCUT2D eigenvalue weighted by Crippen LogP contribution is 2.18. The van der Waals surface area contributed by atoms with Crippen LogP contribution in [-0.2, 0) is 6.42 Å². The second kappa shape index (κ2) is 7.34. The molecule has 0 aliphatic heterocycles. The van der Waals surface area contributed by atoms with Crippen LogP contribution < -0.4 is 5.32 Å². The Balaban J connectivity index is 2.18. The van der Waals surface area contributed by atoms with Gasteiger partial charge in [0, 0.05) is 11.4 Å². The molecule has 0 fully saturated rings. The molecule has 0 amide bonds. The largest absolute Gasteiger partial charge is 0.314 e. The maximum Gasteiger partial charge on any atom is 0.0932 e. The number of nitrogens with one attached hydrogen (secondary N) is 1. The monoisotopic (exact) mass is 271 g/mol. The van der Waals surface area contributed by atoms with E-state index in [1.807, 2.05) is 18.3 Å². The number of hydrogen-bond acceptors (Lipinski definition) is 3. The second-order valence-electron chi connectivity index (χ2n) is 5.87. The average Bonchev–Trinajstić information content (AvgIpc) is 2.44. The zero-order valence-corrected chi connectivity index (χ0v) is 12.8. The van der Waals surface area contributed by atoms with Gasteiger partial charge in [-0.25, -0.2) is 0 Å². The van der Waals surface area contributed by atoms with Crippen molar-refractivity contribution in [2.75, 3.05) is 6.54 Å². The van der Waals surface area contributed by atoms with E-state index in [-0.39, 0.29) is 0 Å². The van der Waals surface area contributed by atoms with Crippen LogP contribution in [0.2, 0.25) is 0 Å². The number of hydrogen-bond donors (Lipinski definition) is 1. The minimum Gasteiger partial charge on any atom is -0.314 e. The number of aromatic nitrogens is 2. The van der Waals surface area contributed by atoms with E-state index in [2.05, 4.69) is 48.4 Å². The molecule has 20 heavy (non-hydrogen) atoms. The van der Waals surface area contributed by atoms with Crippen LogP contribution in [0.15, 0.2) is 30.5 Å². The molecule has 108 valence electrons. The molecule has 2 rings (SSSR count). The molecule has 1 unspecified atom stereocenters. The van der Waals surface area contributed by atoms with Crippen molar-refractivity contribution in [1.29, 1.82) is 0 Å². The highest BCUT2D eigenvalue weighted by molar-refractivity contribution is 5.81. The third-order valence-electron chi connectivity index (χ3n) is 3.53. The highest BCUT2D eigenvalue weighted by atomic mass is 15.1. The Kier molecular flexibility index (Phi) is 5.48. The zero-order valence-electron chi connectivity index (χ0n) is 12.8. The van der Waals surface area contributed by atoms with Crippen LogP contribution in [0.3, 0.4) is 0 Å². The molecular formula is C17H25N3. The lowest BCUT2D eigenvalue weighted by Crippen LogP contribution is -2.33. The predicted molar refractivity (Wildman–Crippen MR) is 84.8 cm³/mol. The smallest absolute Gasteiger partial charge is 0.0932 e. The summed E-state index contributed by atoms with van der Waals surface area (Å²) in [5.41, 5.74) is 2.29. The summed E-state index contributed by atoms with van der Waals surface area (Å²) in [4.78, 5) is 0. The minimum atomic E-state index is 0.516. The Bertz CT molecular complexity index is 531. The maximum atomic E-state index is 4.20. The Labute approximate surface area is 121 Å². The summed E-state index contributed by atoms with van der Waals surface area (Å²) >= 11 is 0. The summed E-state index contributed by atoms with van der Waals surface area (Å²) in [6.07, 6.45) is 5.30. The Morgan fingerprint density at radius 3 is 2.75 bits per heavy atom. The lowest BCUT2D eigenvalue weighted by Gasteiger charge is -2.21. The first kappa shape index (κ1) is 14.9. The van der Waals surface area contributed by atoms with Gasteiger partial charge in [-0.05, 0) is 43.4 Å². The number of benzene rings is 1. The normalized spacial score (nSPS) is 13.0. The fourth-order valence-electron chi connectivity index (χ4n) is 2.65. The standard InChI is InChI=1S/C17H25N3/c1-4-9-18-15(10-13(2)3)11-14-12-19-20-17-8-6-5-7-16(14)17/h5-8,12-13,15,18H,4,9-11H2,1-3H3. The summed E-state index contributed by atoms with van der Waals surface area (Å²) in [6, 6.07) is 8.78. The van der Waals surface area contributed by atoms with Crippen molar-refractivity contribution in [2.24, 2.45) is 5.92 Å². The average molecular weight is 271 g/mol. The van der Waals surface area contributed by atoms with Gasteiger partial charge in [0.1, 0.15) is 0 Å². The van der Waals surface area contributed by atoms with Crippen LogP contribution in [0, 0.1) is 5.92 Å². The van der Waals surface area contributed by atoms with Gasteiger partial charge >= 0.3 is 0 Å². The highest BCUT2D eigenvalue weighted by Gasteiger charge is 2.13. The molecule has 3 heteroatoms. The third kappa shape index (κ3) is 4.01. The molecule has 0 saturated carbocycles. The molecule has 1 aromatic heterocycles. The van der Waals surface area contributed by atoms with Gasteiger partial charge in [0.25, 0.3) is 0 Å². The van der Waals surface area contributed by atoms with Gasteiger partial charge in [-0.2, -0.15) is 10.2 Å². The van der Waals surface area contributed by atoms with Crippen LogP contribution in [0.25, 0.3) is 10.9 Å². The number of nitrogens with zero attached hydrogens (tertiary/aromatic N) is 2. The van der Waals surface area contributed by atoms with Crippen LogP contribution in [0.1, 0.15) is 39.2 Å². The van der Waals surface area contributed by atoms with Gasteiger partial charge in [-0.3, -0.25) is 0 Å². The lowest BCUT2D eigenvalue weighted by atomic mass is 9.96. The molecule has 0 radical (unpaired) electrons. The van der Waals surface area contributed by atoms with E-state index in [4.69, 9.17) is 0 Å². The minimum absolute atomic E-state index is 0.516. The molecule has 0 aliphatic rings. The second-order valence-corrected chi connectivity index (χ2v) is 5.87. The first-order valence-electron chi connectivity index (χ1n) is 7.63. The molecule has 1 atom stereocenters. The molecule has 3 nitrogen and oxygen atoms in total. The summed E-state index contributed by atoms with van der Waals surface area (Å²) in [6.45, 7) is 7.85. The quantitative estimate of drug-likeness (QED) is 0.836. The van der Waals surface area contributed by atoms with E-state index >= 15 is 0 Å². The summed E-state index contributed by atoms with van der Waals surface area (Å²) in [7, 11) is 0. The van der Waals surface area contributed by atoms with Crippen molar-refractivity contribution in [2.45, 2.75) is 46.1 Å². The van der Waals surface area contributed by atoms with Crippen molar-refractivity contribution in [1.82, 2.24) is 15.5 Å². The Hall–Kier alpha value is -1.48. The molecule has 1 N–H and O–H groups in total. The van der Waals surface area contributed by atoms with Crippen LogP contribution in [-0.4, -0.2) is 22.8 Å². The fourth-order valence-corrected chi connectivity index (χ4v) is 2.65. The van der Waals surface area contributed by atoms with Crippen molar-refractivity contribution in [3.63, 3.8) is 0 Å². The number of rotatable bonds is 7. The van der Waals surface area contributed by atoms with Crippen LogP contribution in [0.5, 0.6) is 0 Å². The van der Waals surface area contributed by atoms with Gasteiger partial charge < -0.3 is 5.32 Å². The topological polar surface area (TPSA) is 37.8 Å².